The van der Waals surface area contributed by atoms with E-state index in [0.29, 0.717) is 11.6 Å². The molecule has 1 fully saturated rings. The molecule has 0 radical (unpaired) electrons. The Bertz CT molecular complexity index is 337. The van der Waals surface area contributed by atoms with Crippen LogP contribution >= 0.6 is 23.3 Å². The number of nitrogens with two attached hydrogens (primary N) is 1. The van der Waals surface area contributed by atoms with E-state index in [1.165, 1.54) is 35.9 Å². The van der Waals surface area contributed by atoms with Gasteiger partial charge in [-0.25, -0.2) is 0 Å². The zero-order valence-electron chi connectivity index (χ0n) is 9.36. The number of rotatable bonds is 4. The molecule has 0 aliphatic carbocycles. The smallest absolute Gasteiger partial charge is 0.197 e. The quantitative estimate of drug-likeness (QED) is 0.868. The third kappa shape index (κ3) is 2.74. The van der Waals surface area contributed by atoms with Gasteiger partial charge in [-0.15, -0.1) is 0 Å². The molecule has 90 valence electrons. The number of thioether (sulfide) groups is 1. The monoisotopic (exact) mass is 259 g/mol. The Labute approximate surface area is 104 Å². The SMILES string of the molecule is COc1c(N)nsc1NCC1CCSCC1. The van der Waals surface area contributed by atoms with E-state index in [1.54, 1.807) is 7.11 Å². The standard InChI is InChI=1S/C10H17N3OS2/c1-14-8-9(11)13-16-10(8)12-6-7-2-4-15-5-3-7/h7,12H,2-6H2,1H3,(H2,11,13). The predicted octanol–water partition coefficient (Wildman–Crippen LogP) is 2.29. The van der Waals surface area contributed by atoms with Gasteiger partial charge in [-0.3, -0.25) is 0 Å². The number of nitrogens with one attached hydrogen (secondary N) is 1. The highest BCUT2D eigenvalue weighted by molar-refractivity contribution is 7.99. The summed E-state index contributed by atoms with van der Waals surface area (Å²) in [6, 6.07) is 0. The average Bonchev–Trinajstić information content (AvgIpc) is 2.68. The first-order valence-corrected chi connectivity index (χ1v) is 7.35. The molecule has 6 heteroatoms. The Kier molecular flexibility index (Phi) is 4.17. The fourth-order valence-corrected chi connectivity index (χ4v) is 3.69. The lowest BCUT2D eigenvalue weighted by molar-refractivity contribution is 0.418. The molecule has 2 rings (SSSR count). The molecule has 1 aliphatic rings. The summed E-state index contributed by atoms with van der Waals surface area (Å²) in [4.78, 5) is 0. The number of nitrogens with zero attached hydrogens (tertiary/aromatic N) is 1. The molecule has 0 aromatic carbocycles. The minimum atomic E-state index is 0.481. The van der Waals surface area contributed by atoms with Gasteiger partial charge in [0.1, 0.15) is 0 Å². The summed E-state index contributed by atoms with van der Waals surface area (Å²) in [6.45, 7) is 0.999. The van der Waals surface area contributed by atoms with E-state index in [4.69, 9.17) is 10.5 Å². The summed E-state index contributed by atoms with van der Waals surface area (Å²) in [7, 11) is 1.63. The minimum Gasteiger partial charge on any atom is -0.490 e. The van der Waals surface area contributed by atoms with Crippen LogP contribution in [0.2, 0.25) is 0 Å². The van der Waals surface area contributed by atoms with Crippen molar-refractivity contribution < 1.29 is 4.74 Å². The normalized spacial score (nSPS) is 17.3. The number of hydrogen-bond donors (Lipinski definition) is 2. The van der Waals surface area contributed by atoms with Crippen LogP contribution in [0.1, 0.15) is 12.8 Å². The van der Waals surface area contributed by atoms with Gasteiger partial charge in [0.15, 0.2) is 16.6 Å². The molecule has 1 aromatic heterocycles. The van der Waals surface area contributed by atoms with Crippen LogP contribution in [0.3, 0.4) is 0 Å². The Balaban J connectivity index is 1.88. The number of aromatic nitrogens is 1. The van der Waals surface area contributed by atoms with Crippen LogP contribution < -0.4 is 15.8 Å². The van der Waals surface area contributed by atoms with E-state index >= 15 is 0 Å². The highest BCUT2D eigenvalue weighted by Gasteiger charge is 2.16. The van der Waals surface area contributed by atoms with Gasteiger partial charge >= 0.3 is 0 Å². The molecule has 0 bridgehead atoms. The van der Waals surface area contributed by atoms with Crippen molar-refractivity contribution in [2.75, 3.05) is 36.2 Å². The second-order valence-electron chi connectivity index (χ2n) is 3.87. The van der Waals surface area contributed by atoms with Crippen LogP contribution in [0.4, 0.5) is 10.8 Å². The van der Waals surface area contributed by atoms with Gasteiger partial charge < -0.3 is 15.8 Å². The maximum Gasteiger partial charge on any atom is 0.197 e. The van der Waals surface area contributed by atoms with E-state index in [9.17, 15) is 0 Å². The second kappa shape index (κ2) is 5.63. The van der Waals surface area contributed by atoms with E-state index < -0.39 is 0 Å². The molecule has 0 amide bonds. The lowest BCUT2D eigenvalue weighted by Crippen LogP contribution is -2.18. The number of ether oxygens (including phenoxy) is 1. The molecule has 0 spiro atoms. The first-order valence-electron chi connectivity index (χ1n) is 5.42. The van der Waals surface area contributed by atoms with Crippen LogP contribution in [0.5, 0.6) is 5.75 Å². The number of methoxy groups -OCH3 is 1. The Morgan fingerprint density at radius 2 is 2.25 bits per heavy atom. The predicted molar refractivity (Wildman–Crippen MR) is 71.6 cm³/mol. The minimum absolute atomic E-state index is 0.481. The van der Waals surface area contributed by atoms with Crippen molar-refractivity contribution in [3.8, 4) is 5.75 Å². The Morgan fingerprint density at radius 1 is 1.50 bits per heavy atom. The van der Waals surface area contributed by atoms with Crippen molar-refractivity contribution in [2.24, 2.45) is 5.92 Å². The molecular formula is C10H17N3OS2. The van der Waals surface area contributed by atoms with Crippen molar-refractivity contribution in [3.63, 3.8) is 0 Å². The first kappa shape index (κ1) is 11.9. The molecule has 0 unspecified atom stereocenters. The van der Waals surface area contributed by atoms with Crippen molar-refractivity contribution in [3.05, 3.63) is 0 Å². The highest BCUT2D eigenvalue weighted by Crippen LogP contribution is 2.35. The van der Waals surface area contributed by atoms with Crippen LogP contribution in [-0.4, -0.2) is 29.5 Å². The van der Waals surface area contributed by atoms with Crippen molar-refractivity contribution in [1.82, 2.24) is 4.37 Å². The largest absolute Gasteiger partial charge is 0.490 e. The van der Waals surface area contributed by atoms with Crippen LogP contribution in [-0.2, 0) is 0 Å². The molecule has 0 atom stereocenters. The van der Waals surface area contributed by atoms with Gasteiger partial charge in [0.25, 0.3) is 0 Å². The number of hydrogen-bond acceptors (Lipinski definition) is 6. The highest BCUT2D eigenvalue weighted by atomic mass is 32.2. The molecule has 0 saturated carbocycles. The molecule has 1 saturated heterocycles. The van der Waals surface area contributed by atoms with E-state index in [-0.39, 0.29) is 0 Å². The Morgan fingerprint density at radius 3 is 2.94 bits per heavy atom. The van der Waals surface area contributed by atoms with Gasteiger partial charge in [-0.1, -0.05) is 0 Å². The fourth-order valence-electron chi connectivity index (χ4n) is 1.79. The van der Waals surface area contributed by atoms with Gasteiger partial charge in [-0.2, -0.15) is 16.1 Å². The summed E-state index contributed by atoms with van der Waals surface area (Å²) in [5.74, 6) is 4.52. The van der Waals surface area contributed by atoms with Crippen LogP contribution in [0.25, 0.3) is 0 Å². The van der Waals surface area contributed by atoms with Crippen molar-refractivity contribution in [1.29, 1.82) is 0 Å². The van der Waals surface area contributed by atoms with E-state index in [2.05, 4.69) is 9.69 Å². The zero-order valence-corrected chi connectivity index (χ0v) is 11.0. The molecule has 2 heterocycles. The fraction of sp³-hybridized carbons (Fsp3) is 0.700. The lowest BCUT2D eigenvalue weighted by atomic mass is 10.0. The van der Waals surface area contributed by atoms with E-state index in [0.717, 1.165) is 17.5 Å². The van der Waals surface area contributed by atoms with Gasteiger partial charge in [0, 0.05) is 6.54 Å². The molecule has 16 heavy (non-hydrogen) atoms. The van der Waals surface area contributed by atoms with Gasteiger partial charge in [0.2, 0.25) is 0 Å². The molecule has 3 N–H and O–H groups in total. The van der Waals surface area contributed by atoms with E-state index in [1.807, 2.05) is 11.8 Å². The first-order chi connectivity index (χ1) is 7.81. The van der Waals surface area contributed by atoms with Gasteiger partial charge in [-0.05, 0) is 41.8 Å². The zero-order chi connectivity index (χ0) is 11.4. The maximum atomic E-state index is 5.69. The van der Waals surface area contributed by atoms with Gasteiger partial charge in [0.05, 0.1) is 7.11 Å². The third-order valence-corrected chi connectivity index (χ3v) is 4.62. The summed E-state index contributed by atoms with van der Waals surface area (Å²) in [6.07, 6.45) is 2.60. The third-order valence-electron chi connectivity index (χ3n) is 2.77. The second-order valence-corrected chi connectivity index (χ2v) is 5.86. The number of anilines is 2. The number of nitrogen functional groups attached to an aromatic ring is 1. The summed E-state index contributed by atoms with van der Waals surface area (Å²) >= 11 is 3.42. The lowest BCUT2D eigenvalue weighted by Gasteiger charge is -2.21. The molecule has 4 nitrogen and oxygen atoms in total. The molecule has 1 aliphatic heterocycles. The average molecular weight is 259 g/mol. The topological polar surface area (TPSA) is 60.2 Å². The molecular weight excluding hydrogens is 242 g/mol. The van der Waals surface area contributed by atoms with Crippen LogP contribution in [0.15, 0.2) is 0 Å². The summed E-state index contributed by atoms with van der Waals surface area (Å²) in [5, 5.41) is 4.35. The summed E-state index contributed by atoms with van der Waals surface area (Å²) < 4.78 is 9.29. The molecule has 1 aromatic rings. The summed E-state index contributed by atoms with van der Waals surface area (Å²) in [5.41, 5.74) is 5.69. The van der Waals surface area contributed by atoms with Crippen LogP contribution in [0, 0.1) is 5.92 Å². The maximum absolute atomic E-state index is 5.69. The Hall–Kier alpha value is -0.620. The van der Waals surface area contributed by atoms with Crippen molar-refractivity contribution >= 4 is 34.1 Å². The van der Waals surface area contributed by atoms with Crippen molar-refractivity contribution in [2.45, 2.75) is 12.8 Å².